The summed E-state index contributed by atoms with van der Waals surface area (Å²) in [5, 5.41) is 1.39. The van der Waals surface area contributed by atoms with Crippen molar-refractivity contribution in [3.63, 3.8) is 0 Å². The summed E-state index contributed by atoms with van der Waals surface area (Å²) >= 11 is 0. The molecule has 0 saturated carbocycles. The molecule has 0 aliphatic carbocycles. The van der Waals surface area contributed by atoms with Gasteiger partial charge in [-0.2, -0.15) is 0 Å². The number of hydrogen-bond acceptors (Lipinski definition) is 7. The van der Waals surface area contributed by atoms with Crippen molar-refractivity contribution in [3.8, 4) is 5.75 Å². The number of hydrogen-bond donors (Lipinski definition) is 1. The van der Waals surface area contributed by atoms with Crippen molar-refractivity contribution in [2.75, 3.05) is 19.8 Å². The molecule has 44 heavy (non-hydrogen) atoms. The largest absolute Gasteiger partial charge is 0.498 e. The van der Waals surface area contributed by atoms with Crippen molar-refractivity contribution < 1.29 is 33.1 Å². The molecule has 0 bridgehead atoms. The Morgan fingerprint density at radius 3 is 2.18 bits per heavy atom. The van der Waals surface area contributed by atoms with Crippen LogP contribution in [0.15, 0.2) is 30.3 Å². The van der Waals surface area contributed by atoms with Gasteiger partial charge < -0.3 is 23.5 Å². The van der Waals surface area contributed by atoms with Gasteiger partial charge in [-0.25, -0.2) is 5.01 Å². The summed E-state index contributed by atoms with van der Waals surface area (Å²) in [5.41, 5.74) is 5.22. The molecule has 1 atom stereocenters. The molecule has 0 spiro atoms. The second-order valence-electron chi connectivity index (χ2n) is 13.9. The lowest BCUT2D eigenvalue weighted by atomic mass is 9.76. The molecule has 10 heteroatoms. The van der Waals surface area contributed by atoms with Crippen molar-refractivity contribution in [2.24, 2.45) is 0 Å². The summed E-state index contributed by atoms with van der Waals surface area (Å²) < 4.78 is 30.6. The number of hydrazine groups is 1. The lowest BCUT2D eigenvalue weighted by Crippen LogP contribution is -2.56. The Balaban J connectivity index is 1.61. The third-order valence-corrected chi connectivity index (χ3v) is 8.52. The van der Waals surface area contributed by atoms with Gasteiger partial charge in [0.1, 0.15) is 12.4 Å². The van der Waals surface area contributed by atoms with Crippen LogP contribution in [-0.4, -0.2) is 66.8 Å². The predicted molar refractivity (Wildman–Crippen MR) is 171 cm³/mol. The van der Waals surface area contributed by atoms with Crippen molar-refractivity contribution in [1.29, 1.82) is 0 Å². The summed E-state index contributed by atoms with van der Waals surface area (Å²) in [6, 6.07) is 9.20. The molecule has 1 unspecified atom stereocenters. The first-order valence-corrected chi connectivity index (χ1v) is 15.6. The number of nitrogens with one attached hydrogen (secondary N) is 1. The second-order valence-corrected chi connectivity index (χ2v) is 13.9. The highest BCUT2D eigenvalue weighted by Gasteiger charge is 2.52. The first kappa shape index (κ1) is 34.0. The molecule has 1 N–H and O–H groups in total. The van der Waals surface area contributed by atoms with Gasteiger partial charge >= 0.3 is 7.12 Å². The lowest BCUT2D eigenvalue weighted by molar-refractivity contribution is -0.165. The van der Waals surface area contributed by atoms with E-state index < -0.39 is 29.8 Å². The third kappa shape index (κ3) is 7.65. The molecule has 0 radical (unpaired) electrons. The van der Waals surface area contributed by atoms with Crippen molar-refractivity contribution in [2.45, 2.75) is 112 Å². The second kappa shape index (κ2) is 13.2. The first-order chi connectivity index (χ1) is 20.5. The van der Waals surface area contributed by atoms with Crippen LogP contribution >= 0.6 is 0 Å². The Bertz CT molecular complexity index is 1330. The van der Waals surface area contributed by atoms with Crippen LogP contribution in [0.2, 0.25) is 0 Å². The summed E-state index contributed by atoms with van der Waals surface area (Å²) in [6.07, 6.45) is 2.75. The molecule has 2 aromatic carbocycles. The number of rotatable bonds is 8. The number of nitrogens with zero attached hydrogens (tertiary/aromatic N) is 1. The molecule has 0 aromatic heterocycles. The molecule has 2 aromatic rings. The summed E-state index contributed by atoms with van der Waals surface area (Å²) in [4.78, 5) is 27.6. The molecule has 2 saturated heterocycles. The van der Waals surface area contributed by atoms with Gasteiger partial charge in [0.05, 0.1) is 23.3 Å². The predicted octanol–water partition coefficient (Wildman–Crippen LogP) is 5.42. The van der Waals surface area contributed by atoms with Crippen LogP contribution in [0.3, 0.4) is 0 Å². The fourth-order valence-electron chi connectivity index (χ4n) is 5.38. The van der Waals surface area contributed by atoms with E-state index in [1.165, 1.54) is 5.01 Å². The zero-order chi connectivity index (χ0) is 32.4. The average Bonchev–Trinajstić information content (AvgIpc) is 3.15. The van der Waals surface area contributed by atoms with E-state index in [1.807, 2.05) is 87.4 Å². The number of benzene rings is 2. The summed E-state index contributed by atoms with van der Waals surface area (Å²) in [6.45, 7) is 20.6. The molecule has 2 fully saturated rings. The highest BCUT2D eigenvalue weighted by molar-refractivity contribution is 6.63. The van der Waals surface area contributed by atoms with Crippen LogP contribution in [0.25, 0.3) is 0 Å². The fourth-order valence-corrected chi connectivity index (χ4v) is 5.38. The quantitative estimate of drug-likeness (QED) is 0.243. The maximum atomic E-state index is 13.9. The van der Waals surface area contributed by atoms with Gasteiger partial charge in [-0.1, -0.05) is 23.3 Å². The van der Waals surface area contributed by atoms with Gasteiger partial charge in [-0.15, -0.1) is 0 Å². The fraction of sp³-hybridized carbons (Fsp3) is 0.588. The van der Waals surface area contributed by atoms with E-state index in [4.69, 9.17) is 23.5 Å². The van der Waals surface area contributed by atoms with Crippen LogP contribution in [0.1, 0.15) is 105 Å². The number of amides is 2. The average molecular weight is 609 g/mol. The van der Waals surface area contributed by atoms with Gasteiger partial charge in [-0.3, -0.25) is 15.0 Å². The zero-order valence-electron chi connectivity index (χ0n) is 28.1. The van der Waals surface area contributed by atoms with Gasteiger partial charge in [0, 0.05) is 28.8 Å². The number of carbonyl (C=O) groups excluding carboxylic acids is 2. The molecular weight excluding hydrogens is 559 g/mol. The van der Waals surface area contributed by atoms with Gasteiger partial charge in [0.2, 0.25) is 0 Å². The molecule has 2 aliphatic rings. The molecule has 240 valence electrons. The normalized spacial score (nSPS) is 19.5. The first-order valence-electron chi connectivity index (χ1n) is 15.6. The topological polar surface area (TPSA) is 95.6 Å². The van der Waals surface area contributed by atoms with Crippen LogP contribution in [0.4, 0.5) is 0 Å². The maximum Gasteiger partial charge on any atom is 0.498 e. The number of carbonyl (C=O) groups is 2. The Kier molecular flexibility index (Phi) is 10.2. The third-order valence-electron chi connectivity index (χ3n) is 8.52. The van der Waals surface area contributed by atoms with E-state index in [1.54, 1.807) is 12.1 Å². The standard InChI is InChI=1S/C34H49BN2O7/c1-22-19-23(2)21-25(20-22)31(39)37(32(4,5)6)36-30(38)26-14-15-27(35-43-33(7,8)34(9,10)44-35)29(24(26)3)42-18-17-41-28-13-11-12-16-40-28/h14-15,19-21,28H,11-13,16-18H2,1-10H3,(H,36,38). The smallest absolute Gasteiger partial charge is 0.491 e. The van der Waals surface area contributed by atoms with Gasteiger partial charge in [0.25, 0.3) is 11.8 Å². The van der Waals surface area contributed by atoms with Crippen LogP contribution in [0.5, 0.6) is 5.75 Å². The Morgan fingerprint density at radius 1 is 0.977 bits per heavy atom. The Labute approximate surface area is 263 Å². The Morgan fingerprint density at radius 2 is 1.61 bits per heavy atom. The monoisotopic (exact) mass is 608 g/mol. The van der Waals surface area contributed by atoms with E-state index >= 15 is 0 Å². The maximum absolute atomic E-state index is 13.9. The summed E-state index contributed by atoms with van der Waals surface area (Å²) in [5.74, 6) is -0.220. The highest BCUT2D eigenvalue weighted by atomic mass is 16.7. The molecule has 2 aliphatic heterocycles. The van der Waals surface area contributed by atoms with E-state index in [0.29, 0.717) is 41.1 Å². The van der Waals surface area contributed by atoms with Crippen LogP contribution < -0.4 is 15.6 Å². The minimum absolute atomic E-state index is 0.230. The lowest BCUT2D eigenvalue weighted by Gasteiger charge is -2.36. The zero-order valence-corrected chi connectivity index (χ0v) is 28.1. The van der Waals surface area contributed by atoms with E-state index in [9.17, 15) is 9.59 Å². The molecular formula is C34H49BN2O7. The van der Waals surface area contributed by atoms with Gasteiger partial charge in [-0.05, 0) is 107 Å². The highest BCUT2D eigenvalue weighted by Crippen LogP contribution is 2.38. The van der Waals surface area contributed by atoms with Crippen molar-refractivity contribution >= 4 is 24.4 Å². The minimum atomic E-state index is -0.696. The van der Waals surface area contributed by atoms with Gasteiger partial charge in [0.15, 0.2) is 6.29 Å². The number of aryl methyl sites for hydroxylation is 2. The number of ether oxygens (including phenoxy) is 3. The van der Waals surface area contributed by atoms with E-state index in [0.717, 1.165) is 30.4 Å². The molecule has 2 amide bonds. The van der Waals surface area contributed by atoms with Crippen LogP contribution in [-0.2, 0) is 18.8 Å². The molecule has 2 heterocycles. The van der Waals surface area contributed by atoms with Crippen LogP contribution in [0, 0.1) is 20.8 Å². The molecule has 9 nitrogen and oxygen atoms in total. The minimum Gasteiger partial charge on any atom is -0.491 e. The van der Waals surface area contributed by atoms with E-state index in [2.05, 4.69) is 5.43 Å². The Hall–Kier alpha value is -2.92. The van der Waals surface area contributed by atoms with E-state index in [-0.39, 0.29) is 18.8 Å². The SMILES string of the molecule is Cc1cc(C)cc(C(=O)N(NC(=O)c2ccc(B3OC(C)(C)C(C)(C)O3)c(OCCOC3CCCCO3)c2C)C(C)(C)C)c1. The molecule has 4 rings (SSSR count). The summed E-state index contributed by atoms with van der Waals surface area (Å²) in [7, 11) is -0.689. The van der Waals surface area contributed by atoms with Crippen molar-refractivity contribution in [3.05, 3.63) is 58.1 Å². The van der Waals surface area contributed by atoms with Crippen molar-refractivity contribution in [1.82, 2.24) is 10.4 Å².